The minimum absolute atomic E-state index is 0.0407. The van der Waals surface area contributed by atoms with Crippen LogP contribution in [0.25, 0.3) is 0 Å². The van der Waals surface area contributed by atoms with Crippen molar-refractivity contribution in [1.29, 1.82) is 0 Å². The molecular formula is C11H13NO2. The van der Waals surface area contributed by atoms with Gasteiger partial charge in [0.1, 0.15) is 0 Å². The number of carboxylic acids is 1. The van der Waals surface area contributed by atoms with Crippen molar-refractivity contribution in [3.05, 3.63) is 35.4 Å². The summed E-state index contributed by atoms with van der Waals surface area (Å²) < 4.78 is 0. The van der Waals surface area contributed by atoms with Gasteiger partial charge in [-0.25, -0.2) is 0 Å². The highest BCUT2D eigenvalue weighted by atomic mass is 16.4. The van der Waals surface area contributed by atoms with Crippen molar-refractivity contribution >= 4 is 5.97 Å². The number of hydrogen-bond donors (Lipinski definition) is 2. The van der Waals surface area contributed by atoms with Crippen molar-refractivity contribution in [1.82, 2.24) is 5.32 Å². The van der Waals surface area contributed by atoms with Gasteiger partial charge in [-0.05, 0) is 24.0 Å². The summed E-state index contributed by atoms with van der Waals surface area (Å²) >= 11 is 0. The number of hydrogen-bond acceptors (Lipinski definition) is 2. The number of fused-ring (bicyclic) bond motifs is 1. The molecular weight excluding hydrogens is 178 g/mol. The monoisotopic (exact) mass is 191 g/mol. The summed E-state index contributed by atoms with van der Waals surface area (Å²) in [5, 5.41) is 11.6. The van der Waals surface area contributed by atoms with Crippen LogP contribution in [0.2, 0.25) is 0 Å². The van der Waals surface area contributed by atoms with Gasteiger partial charge in [0.25, 0.3) is 0 Å². The Morgan fingerprint density at radius 2 is 2.29 bits per heavy atom. The van der Waals surface area contributed by atoms with Crippen LogP contribution < -0.4 is 5.32 Å². The zero-order valence-electron chi connectivity index (χ0n) is 7.86. The van der Waals surface area contributed by atoms with E-state index in [1.54, 1.807) is 0 Å². The van der Waals surface area contributed by atoms with Crippen LogP contribution in [-0.4, -0.2) is 17.6 Å². The van der Waals surface area contributed by atoms with E-state index >= 15 is 0 Å². The highest BCUT2D eigenvalue weighted by Crippen LogP contribution is 2.30. The first-order valence-electron chi connectivity index (χ1n) is 4.80. The van der Waals surface area contributed by atoms with Crippen molar-refractivity contribution in [2.45, 2.75) is 18.9 Å². The van der Waals surface area contributed by atoms with Crippen LogP contribution in [0.1, 0.15) is 23.6 Å². The fourth-order valence-electron chi connectivity index (χ4n) is 1.98. The molecule has 0 amide bonds. The van der Waals surface area contributed by atoms with Gasteiger partial charge in [-0.2, -0.15) is 0 Å². The first-order chi connectivity index (χ1) is 6.77. The molecule has 0 fully saturated rings. The second-order valence-electron chi connectivity index (χ2n) is 3.56. The molecule has 1 atom stereocenters. The highest BCUT2D eigenvalue weighted by Gasteiger charge is 2.21. The van der Waals surface area contributed by atoms with E-state index < -0.39 is 5.97 Å². The molecule has 0 bridgehead atoms. The first-order valence-corrected chi connectivity index (χ1v) is 4.80. The summed E-state index contributed by atoms with van der Waals surface area (Å²) in [6, 6.07) is 8.43. The molecule has 0 spiro atoms. The Balaban J connectivity index is 2.07. The predicted octanol–water partition coefficient (Wildman–Crippen LogP) is 1.35. The van der Waals surface area contributed by atoms with Crippen molar-refractivity contribution in [2.75, 3.05) is 6.54 Å². The van der Waals surface area contributed by atoms with Crippen LogP contribution in [0.4, 0.5) is 0 Å². The van der Waals surface area contributed by atoms with E-state index in [1.165, 1.54) is 11.1 Å². The second kappa shape index (κ2) is 3.80. The maximum absolute atomic E-state index is 10.4. The molecule has 0 saturated heterocycles. The van der Waals surface area contributed by atoms with Gasteiger partial charge in [-0.1, -0.05) is 24.3 Å². The van der Waals surface area contributed by atoms with Crippen molar-refractivity contribution in [3.8, 4) is 0 Å². The summed E-state index contributed by atoms with van der Waals surface area (Å²) in [6.45, 7) is 0.0407. The van der Waals surface area contributed by atoms with Gasteiger partial charge >= 0.3 is 5.97 Å². The highest BCUT2D eigenvalue weighted by molar-refractivity contribution is 5.69. The minimum atomic E-state index is -0.797. The van der Waals surface area contributed by atoms with E-state index in [9.17, 15) is 4.79 Å². The third kappa shape index (κ3) is 1.77. The zero-order chi connectivity index (χ0) is 9.97. The van der Waals surface area contributed by atoms with Crippen LogP contribution in [0.5, 0.6) is 0 Å². The largest absolute Gasteiger partial charge is 0.480 e. The Bertz CT molecular complexity index is 349. The fourth-order valence-corrected chi connectivity index (χ4v) is 1.98. The van der Waals surface area contributed by atoms with Crippen LogP contribution in [0, 0.1) is 0 Å². The Morgan fingerprint density at radius 1 is 1.50 bits per heavy atom. The quantitative estimate of drug-likeness (QED) is 0.758. The smallest absolute Gasteiger partial charge is 0.317 e. The normalized spacial score (nSPS) is 19.3. The Kier molecular flexibility index (Phi) is 2.50. The Labute approximate surface area is 82.8 Å². The molecule has 2 rings (SSSR count). The van der Waals surface area contributed by atoms with Gasteiger partial charge in [0.15, 0.2) is 0 Å². The molecule has 74 valence electrons. The van der Waals surface area contributed by atoms with E-state index in [1.807, 2.05) is 12.1 Å². The van der Waals surface area contributed by atoms with Gasteiger partial charge in [0.2, 0.25) is 0 Å². The second-order valence-corrected chi connectivity index (χ2v) is 3.56. The number of nitrogens with one attached hydrogen (secondary N) is 1. The van der Waals surface area contributed by atoms with Gasteiger partial charge in [-0.15, -0.1) is 0 Å². The number of aryl methyl sites for hydroxylation is 1. The molecule has 0 aromatic heterocycles. The predicted molar refractivity (Wildman–Crippen MR) is 53.1 cm³/mol. The number of carboxylic acid groups (broad SMARTS) is 1. The number of aliphatic carboxylic acids is 1. The molecule has 2 N–H and O–H groups in total. The molecule has 1 aliphatic rings. The summed E-state index contributed by atoms with van der Waals surface area (Å²) in [5.74, 6) is -0.797. The van der Waals surface area contributed by atoms with Crippen LogP contribution in [0.15, 0.2) is 24.3 Å². The van der Waals surface area contributed by atoms with Crippen molar-refractivity contribution in [2.24, 2.45) is 0 Å². The standard InChI is InChI=1S/C11H13NO2/c13-11(14)7-12-10-6-5-8-3-1-2-4-9(8)10/h1-4,10,12H,5-7H2,(H,13,14)/t10-/m1/s1. The average Bonchev–Trinajstić information content (AvgIpc) is 2.58. The lowest BCUT2D eigenvalue weighted by Crippen LogP contribution is -2.25. The number of benzene rings is 1. The molecule has 0 radical (unpaired) electrons. The molecule has 1 aromatic rings. The lowest BCUT2D eigenvalue weighted by Gasteiger charge is -2.11. The lowest BCUT2D eigenvalue weighted by atomic mass is 10.1. The van der Waals surface area contributed by atoms with E-state index in [4.69, 9.17) is 5.11 Å². The van der Waals surface area contributed by atoms with Crippen molar-refractivity contribution < 1.29 is 9.90 Å². The third-order valence-corrected chi connectivity index (χ3v) is 2.63. The van der Waals surface area contributed by atoms with Gasteiger partial charge < -0.3 is 10.4 Å². The van der Waals surface area contributed by atoms with E-state index in [-0.39, 0.29) is 12.6 Å². The van der Waals surface area contributed by atoms with Gasteiger partial charge in [-0.3, -0.25) is 4.79 Å². The average molecular weight is 191 g/mol. The molecule has 3 heteroatoms. The summed E-state index contributed by atoms with van der Waals surface area (Å²) in [6.07, 6.45) is 2.06. The maximum atomic E-state index is 10.4. The molecule has 14 heavy (non-hydrogen) atoms. The Hall–Kier alpha value is -1.35. The lowest BCUT2D eigenvalue weighted by molar-refractivity contribution is -0.136. The van der Waals surface area contributed by atoms with E-state index in [2.05, 4.69) is 17.4 Å². The number of rotatable bonds is 3. The van der Waals surface area contributed by atoms with Gasteiger partial charge in [0.05, 0.1) is 6.54 Å². The summed E-state index contributed by atoms with van der Waals surface area (Å²) in [7, 11) is 0. The first kappa shape index (κ1) is 9.21. The molecule has 0 unspecified atom stereocenters. The van der Waals surface area contributed by atoms with E-state index in [0.29, 0.717) is 0 Å². The maximum Gasteiger partial charge on any atom is 0.317 e. The zero-order valence-corrected chi connectivity index (χ0v) is 7.86. The molecule has 3 nitrogen and oxygen atoms in total. The fraction of sp³-hybridized carbons (Fsp3) is 0.364. The summed E-state index contributed by atoms with van der Waals surface area (Å²) in [4.78, 5) is 10.4. The SMILES string of the molecule is O=C(O)CN[C@@H]1CCc2ccccc21. The van der Waals surface area contributed by atoms with Crippen LogP contribution in [-0.2, 0) is 11.2 Å². The Morgan fingerprint density at radius 3 is 3.07 bits per heavy atom. The van der Waals surface area contributed by atoms with E-state index in [0.717, 1.165) is 12.8 Å². The topological polar surface area (TPSA) is 49.3 Å². The molecule has 0 heterocycles. The number of carbonyl (C=O) groups is 1. The third-order valence-electron chi connectivity index (χ3n) is 2.63. The van der Waals surface area contributed by atoms with Crippen molar-refractivity contribution in [3.63, 3.8) is 0 Å². The molecule has 1 aromatic carbocycles. The molecule has 1 aliphatic carbocycles. The molecule has 0 saturated carbocycles. The van der Waals surface area contributed by atoms with Crippen LogP contribution >= 0.6 is 0 Å². The minimum Gasteiger partial charge on any atom is -0.480 e. The summed E-state index contributed by atoms with van der Waals surface area (Å²) in [5.41, 5.74) is 2.60. The van der Waals surface area contributed by atoms with Gasteiger partial charge in [0, 0.05) is 6.04 Å². The molecule has 0 aliphatic heterocycles. The van der Waals surface area contributed by atoms with Crippen LogP contribution in [0.3, 0.4) is 0 Å².